The quantitative estimate of drug-likeness (QED) is 0.479. The second-order valence-corrected chi connectivity index (χ2v) is 4.39. The number of phenolic OH excluding ortho intramolecular Hbond substituents is 1. The van der Waals surface area contributed by atoms with Crippen molar-refractivity contribution < 1.29 is 19.6 Å². The van der Waals surface area contributed by atoms with Gasteiger partial charge in [-0.05, 0) is 24.3 Å². The molecule has 0 aromatic heterocycles. The fraction of sp³-hybridized carbons (Fsp3) is 0.0667. The molecule has 8 heteroatoms. The molecule has 0 atom stereocenters. The number of amides is 1. The molecule has 0 bridgehead atoms. The second kappa shape index (κ2) is 7.55. The van der Waals surface area contributed by atoms with E-state index in [-0.39, 0.29) is 18.0 Å². The van der Waals surface area contributed by atoms with Crippen molar-refractivity contribution in [3.05, 3.63) is 64.2 Å². The van der Waals surface area contributed by atoms with Gasteiger partial charge in [-0.2, -0.15) is 5.10 Å². The number of non-ortho nitro benzene ring substituents is 1. The van der Waals surface area contributed by atoms with Crippen LogP contribution in [0.15, 0.2) is 53.6 Å². The molecular formula is C15H13N3O5. The molecule has 2 N–H and O–H groups in total. The van der Waals surface area contributed by atoms with Crippen LogP contribution in [0.3, 0.4) is 0 Å². The fourth-order valence-corrected chi connectivity index (χ4v) is 1.62. The molecule has 1 amide bonds. The van der Waals surface area contributed by atoms with Crippen LogP contribution >= 0.6 is 0 Å². The Morgan fingerprint density at radius 1 is 1.26 bits per heavy atom. The summed E-state index contributed by atoms with van der Waals surface area (Å²) in [5, 5.41) is 23.7. The van der Waals surface area contributed by atoms with E-state index < -0.39 is 10.8 Å². The van der Waals surface area contributed by atoms with Gasteiger partial charge in [0.1, 0.15) is 11.5 Å². The molecule has 0 spiro atoms. The number of hydrogen-bond acceptors (Lipinski definition) is 6. The Bertz CT molecular complexity index is 728. The SMILES string of the molecule is O=C(COc1ccc([N+](=O)[O-])cc1)N/N=C/c1ccccc1O. The van der Waals surface area contributed by atoms with Crippen molar-refractivity contribution in [3.63, 3.8) is 0 Å². The van der Waals surface area contributed by atoms with Crippen molar-refractivity contribution in [2.24, 2.45) is 5.10 Å². The van der Waals surface area contributed by atoms with Gasteiger partial charge in [-0.1, -0.05) is 12.1 Å². The van der Waals surface area contributed by atoms with E-state index in [1.54, 1.807) is 18.2 Å². The van der Waals surface area contributed by atoms with Crippen LogP contribution in [0.25, 0.3) is 0 Å². The highest BCUT2D eigenvalue weighted by Gasteiger charge is 2.06. The number of nitro benzene ring substituents is 1. The lowest BCUT2D eigenvalue weighted by atomic mass is 10.2. The number of hydrogen-bond donors (Lipinski definition) is 2. The van der Waals surface area contributed by atoms with Crippen LogP contribution < -0.4 is 10.2 Å². The van der Waals surface area contributed by atoms with Crippen LogP contribution in [0.5, 0.6) is 11.5 Å². The third-order valence-corrected chi connectivity index (χ3v) is 2.75. The minimum Gasteiger partial charge on any atom is -0.507 e. The molecule has 0 aliphatic rings. The Hall–Kier alpha value is -3.42. The number of nitrogens with zero attached hydrogens (tertiary/aromatic N) is 2. The molecule has 0 radical (unpaired) electrons. The van der Waals surface area contributed by atoms with Crippen LogP contribution in [0, 0.1) is 10.1 Å². The van der Waals surface area contributed by atoms with Gasteiger partial charge in [0.2, 0.25) is 0 Å². The first-order valence-corrected chi connectivity index (χ1v) is 6.53. The van der Waals surface area contributed by atoms with Gasteiger partial charge in [-0.25, -0.2) is 5.43 Å². The highest BCUT2D eigenvalue weighted by molar-refractivity contribution is 5.85. The summed E-state index contributed by atoms with van der Waals surface area (Å²) in [5.41, 5.74) is 2.65. The number of phenols is 1. The topological polar surface area (TPSA) is 114 Å². The maximum Gasteiger partial charge on any atom is 0.277 e. The van der Waals surface area contributed by atoms with Crippen molar-refractivity contribution in [1.29, 1.82) is 0 Å². The smallest absolute Gasteiger partial charge is 0.277 e. The van der Waals surface area contributed by atoms with Crippen molar-refractivity contribution in [3.8, 4) is 11.5 Å². The third kappa shape index (κ3) is 4.81. The highest BCUT2D eigenvalue weighted by atomic mass is 16.6. The zero-order valence-corrected chi connectivity index (χ0v) is 11.9. The Morgan fingerprint density at radius 3 is 2.61 bits per heavy atom. The van der Waals surface area contributed by atoms with E-state index in [9.17, 15) is 20.0 Å². The van der Waals surface area contributed by atoms with Crippen molar-refractivity contribution in [2.75, 3.05) is 6.61 Å². The van der Waals surface area contributed by atoms with Crippen molar-refractivity contribution in [1.82, 2.24) is 5.43 Å². The van der Waals surface area contributed by atoms with E-state index in [1.807, 2.05) is 0 Å². The number of benzene rings is 2. The van der Waals surface area contributed by atoms with Gasteiger partial charge in [-0.3, -0.25) is 14.9 Å². The van der Waals surface area contributed by atoms with Gasteiger partial charge in [0, 0.05) is 17.7 Å². The zero-order valence-electron chi connectivity index (χ0n) is 11.9. The van der Waals surface area contributed by atoms with Gasteiger partial charge >= 0.3 is 0 Å². The van der Waals surface area contributed by atoms with Crippen LogP contribution in [0.1, 0.15) is 5.56 Å². The maximum atomic E-state index is 11.5. The first-order valence-electron chi connectivity index (χ1n) is 6.53. The zero-order chi connectivity index (χ0) is 16.7. The Morgan fingerprint density at radius 2 is 1.96 bits per heavy atom. The normalized spacial score (nSPS) is 10.4. The monoisotopic (exact) mass is 315 g/mol. The van der Waals surface area contributed by atoms with Crippen LogP contribution in [0.2, 0.25) is 0 Å². The molecule has 118 valence electrons. The number of hydrazone groups is 1. The summed E-state index contributed by atoms with van der Waals surface area (Å²) in [7, 11) is 0. The largest absolute Gasteiger partial charge is 0.507 e. The lowest BCUT2D eigenvalue weighted by Gasteiger charge is -2.04. The standard InChI is InChI=1S/C15H13N3O5/c19-14-4-2-1-3-11(14)9-16-17-15(20)10-23-13-7-5-12(6-8-13)18(21)22/h1-9,19H,10H2,(H,17,20)/b16-9+. The predicted molar refractivity (Wildman–Crippen MR) is 82.4 cm³/mol. The molecule has 8 nitrogen and oxygen atoms in total. The Labute approximate surface area is 131 Å². The highest BCUT2D eigenvalue weighted by Crippen LogP contribution is 2.17. The number of ether oxygens (including phenoxy) is 1. The molecule has 0 aliphatic heterocycles. The summed E-state index contributed by atoms with van der Waals surface area (Å²) in [4.78, 5) is 21.5. The number of aromatic hydroxyl groups is 1. The second-order valence-electron chi connectivity index (χ2n) is 4.39. The molecule has 2 aromatic rings. The van der Waals surface area contributed by atoms with Crippen LogP contribution in [0.4, 0.5) is 5.69 Å². The maximum absolute atomic E-state index is 11.5. The first-order chi connectivity index (χ1) is 11.1. The molecule has 0 fully saturated rings. The Balaban J connectivity index is 1.81. The molecule has 0 saturated heterocycles. The third-order valence-electron chi connectivity index (χ3n) is 2.75. The molecule has 23 heavy (non-hydrogen) atoms. The number of nitro groups is 1. The molecule has 2 rings (SSSR count). The fourth-order valence-electron chi connectivity index (χ4n) is 1.62. The predicted octanol–water partition coefficient (Wildman–Crippen LogP) is 1.83. The minimum absolute atomic E-state index is 0.0487. The molecule has 0 saturated carbocycles. The summed E-state index contributed by atoms with van der Waals surface area (Å²) in [5.74, 6) is -0.127. The minimum atomic E-state index is -0.524. The molecular weight excluding hydrogens is 302 g/mol. The molecule has 0 heterocycles. The molecule has 2 aromatic carbocycles. The van der Waals surface area contributed by atoms with Crippen molar-refractivity contribution in [2.45, 2.75) is 0 Å². The molecule has 0 aliphatic carbocycles. The number of nitrogens with one attached hydrogen (secondary N) is 1. The summed E-state index contributed by atoms with van der Waals surface area (Å²) in [6, 6.07) is 11.9. The van der Waals surface area contributed by atoms with Gasteiger partial charge < -0.3 is 9.84 Å². The average Bonchev–Trinajstić information content (AvgIpc) is 2.55. The number of carbonyl (C=O) groups is 1. The van der Waals surface area contributed by atoms with Crippen molar-refractivity contribution >= 4 is 17.8 Å². The van der Waals surface area contributed by atoms with Gasteiger partial charge in [0.05, 0.1) is 11.1 Å². The number of para-hydroxylation sites is 1. The number of rotatable bonds is 6. The average molecular weight is 315 g/mol. The lowest BCUT2D eigenvalue weighted by Crippen LogP contribution is -2.24. The first kappa shape index (κ1) is 16.0. The van der Waals surface area contributed by atoms with Crippen LogP contribution in [-0.4, -0.2) is 28.8 Å². The summed E-state index contributed by atoms with van der Waals surface area (Å²) in [6.45, 7) is -0.296. The van der Waals surface area contributed by atoms with Gasteiger partial charge in [-0.15, -0.1) is 0 Å². The Kier molecular flexibility index (Phi) is 5.24. The lowest BCUT2D eigenvalue weighted by molar-refractivity contribution is -0.384. The molecule has 0 unspecified atom stereocenters. The summed E-state index contributed by atoms with van der Waals surface area (Å²) in [6.07, 6.45) is 1.30. The van der Waals surface area contributed by atoms with Gasteiger partial charge in [0.15, 0.2) is 6.61 Å². The van der Waals surface area contributed by atoms with E-state index in [2.05, 4.69) is 10.5 Å². The van der Waals surface area contributed by atoms with Gasteiger partial charge in [0.25, 0.3) is 11.6 Å². The number of carbonyl (C=O) groups excluding carboxylic acids is 1. The summed E-state index contributed by atoms with van der Waals surface area (Å²) >= 11 is 0. The van der Waals surface area contributed by atoms with E-state index in [4.69, 9.17) is 4.74 Å². The summed E-state index contributed by atoms with van der Waals surface area (Å²) < 4.78 is 5.17. The van der Waals surface area contributed by atoms with E-state index in [0.29, 0.717) is 11.3 Å². The van der Waals surface area contributed by atoms with E-state index in [1.165, 1.54) is 36.5 Å². The van der Waals surface area contributed by atoms with E-state index >= 15 is 0 Å². The van der Waals surface area contributed by atoms with E-state index in [0.717, 1.165) is 0 Å². The van der Waals surface area contributed by atoms with Crippen LogP contribution in [-0.2, 0) is 4.79 Å².